The number of aromatic hydroxyl groups is 1. The molecule has 0 aliphatic heterocycles. The molecular weight excluding hydrogens is 534 g/mol. The van der Waals surface area contributed by atoms with Gasteiger partial charge in [-0.05, 0) is 82.9 Å². The minimum absolute atomic E-state index is 0.0151. The van der Waals surface area contributed by atoms with E-state index in [0.717, 1.165) is 17.4 Å². The van der Waals surface area contributed by atoms with Crippen LogP contribution < -0.4 is 14.5 Å². The molecule has 0 aliphatic carbocycles. The molecule has 35 heavy (non-hydrogen) atoms. The predicted molar refractivity (Wildman–Crippen MR) is 141 cm³/mol. The third-order valence-corrected chi connectivity index (χ3v) is 6.87. The molecular formula is C25H26BrN3O5S. The van der Waals surface area contributed by atoms with Crippen molar-refractivity contribution < 1.29 is 23.1 Å². The molecule has 3 aromatic carbocycles. The fourth-order valence-corrected chi connectivity index (χ4v) is 4.62. The number of benzene rings is 3. The van der Waals surface area contributed by atoms with Crippen molar-refractivity contribution in [3.8, 4) is 11.5 Å². The van der Waals surface area contributed by atoms with E-state index in [9.17, 15) is 18.3 Å². The molecule has 3 aromatic rings. The number of nitrogens with one attached hydrogen (secondary N) is 1. The van der Waals surface area contributed by atoms with Crippen LogP contribution in [0.4, 0.5) is 5.69 Å². The lowest BCUT2D eigenvalue weighted by atomic mass is 10.1. The predicted octanol–water partition coefficient (Wildman–Crippen LogP) is 4.59. The summed E-state index contributed by atoms with van der Waals surface area (Å²) in [6, 6.07) is 17.1. The summed E-state index contributed by atoms with van der Waals surface area (Å²) in [5.41, 5.74) is 5.69. The Balaban J connectivity index is 1.73. The molecule has 3 rings (SSSR count). The molecule has 0 aromatic heterocycles. The number of hydrogen-bond donors (Lipinski definition) is 2. The second-order valence-electron chi connectivity index (χ2n) is 7.72. The van der Waals surface area contributed by atoms with E-state index in [4.69, 9.17) is 4.74 Å². The van der Waals surface area contributed by atoms with Gasteiger partial charge in [-0.25, -0.2) is 13.8 Å². The van der Waals surface area contributed by atoms with Crippen molar-refractivity contribution in [2.45, 2.75) is 20.4 Å². The molecule has 0 heterocycles. The molecule has 8 nitrogen and oxygen atoms in total. The van der Waals surface area contributed by atoms with Gasteiger partial charge in [0.15, 0.2) is 11.5 Å². The Labute approximate surface area is 213 Å². The van der Waals surface area contributed by atoms with Crippen LogP contribution in [0.3, 0.4) is 0 Å². The number of amides is 1. The SMILES string of the molecule is CCOc1cc(/C=N\NC(=O)c2ccc(N(Cc3ccccc3C)S(C)(=O)=O)cc2)cc(Br)c1O. The fraction of sp³-hybridized carbons (Fsp3) is 0.200. The number of halogens is 1. The molecule has 0 unspecified atom stereocenters. The van der Waals surface area contributed by atoms with Crippen LogP contribution in [0.25, 0.3) is 0 Å². The number of ether oxygens (including phenoxy) is 1. The zero-order chi connectivity index (χ0) is 25.6. The monoisotopic (exact) mass is 559 g/mol. The van der Waals surface area contributed by atoms with Crippen LogP contribution in [0.5, 0.6) is 11.5 Å². The summed E-state index contributed by atoms with van der Waals surface area (Å²) in [6.07, 6.45) is 2.58. The van der Waals surface area contributed by atoms with Crippen molar-refractivity contribution in [2.75, 3.05) is 17.2 Å². The standard InChI is InChI=1S/C25H26BrN3O5S/c1-4-34-23-14-18(13-22(26)24(23)30)15-27-28-25(31)19-9-11-21(12-10-19)29(35(3,32)33)16-20-8-6-5-7-17(20)2/h5-15,30H,4,16H2,1-3H3,(H,28,31)/b27-15-. The lowest BCUT2D eigenvalue weighted by Crippen LogP contribution is -2.29. The van der Waals surface area contributed by atoms with Crippen molar-refractivity contribution in [3.63, 3.8) is 0 Å². The van der Waals surface area contributed by atoms with Gasteiger partial charge in [0, 0.05) is 5.56 Å². The summed E-state index contributed by atoms with van der Waals surface area (Å²) >= 11 is 3.26. The lowest BCUT2D eigenvalue weighted by Gasteiger charge is -2.23. The molecule has 0 radical (unpaired) electrons. The molecule has 1 amide bonds. The molecule has 0 aliphatic rings. The van der Waals surface area contributed by atoms with Gasteiger partial charge in [-0.2, -0.15) is 5.10 Å². The summed E-state index contributed by atoms with van der Waals surface area (Å²) in [5.74, 6) is -0.175. The maximum Gasteiger partial charge on any atom is 0.271 e. The third kappa shape index (κ3) is 6.83. The first-order chi connectivity index (χ1) is 16.6. The van der Waals surface area contributed by atoms with Crippen LogP contribution in [0.2, 0.25) is 0 Å². The molecule has 184 valence electrons. The fourth-order valence-electron chi connectivity index (χ4n) is 3.29. The number of carbonyl (C=O) groups excluding carboxylic acids is 1. The number of hydrogen-bond acceptors (Lipinski definition) is 6. The van der Waals surface area contributed by atoms with Crippen LogP contribution >= 0.6 is 15.9 Å². The quantitative estimate of drug-likeness (QED) is 0.294. The summed E-state index contributed by atoms with van der Waals surface area (Å²) in [6.45, 7) is 4.30. The topological polar surface area (TPSA) is 108 Å². The minimum atomic E-state index is -3.55. The summed E-state index contributed by atoms with van der Waals surface area (Å²) in [5, 5.41) is 14.0. The molecule has 10 heteroatoms. The van der Waals surface area contributed by atoms with E-state index in [0.29, 0.717) is 33.6 Å². The molecule has 0 atom stereocenters. The summed E-state index contributed by atoms with van der Waals surface area (Å²) < 4.78 is 32.0. The summed E-state index contributed by atoms with van der Waals surface area (Å²) in [7, 11) is -3.55. The van der Waals surface area contributed by atoms with E-state index in [2.05, 4.69) is 26.5 Å². The average molecular weight is 560 g/mol. The van der Waals surface area contributed by atoms with Gasteiger partial charge >= 0.3 is 0 Å². The lowest BCUT2D eigenvalue weighted by molar-refractivity contribution is 0.0955. The highest BCUT2D eigenvalue weighted by Gasteiger charge is 2.19. The zero-order valence-electron chi connectivity index (χ0n) is 19.5. The van der Waals surface area contributed by atoms with Gasteiger partial charge < -0.3 is 9.84 Å². The van der Waals surface area contributed by atoms with Crippen molar-refractivity contribution in [3.05, 3.63) is 87.4 Å². The Morgan fingerprint density at radius 3 is 2.49 bits per heavy atom. The number of anilines is 1. The molecule has 0 fully saturated rings. The van der Waals surface area contributed by atoms with Gasteiger partial charge in [-0.15, -0.1) is 0 Å². The van der Waals surface area contributed by atoms with Gasteiger partial charge in [0.2, 0.25) is 10.0 Å². The van der Waals surface area contributed by atoms with Gasteiger partial charge in [-0.3, -0.25) is 9.10 Å². The highest BCUT2D eigenvalue weighted by atomic mass is 79.9. The van der Waals surface area contributed by atoms with Crippen LogP contribution in [0.15, 0.2) is 70.2 Å². The number of phenols is 1. The maximum atomic E-state index is 12.5. The highest BCUT2D eigenvalue weighted by molar-refractivity contribution is 9.10. The molecule has 2 N–H and O–H groups in total. The number of carbonyl (C=O) groups is 1. The van der Waals surface area contributed by atoms with Gasteiger partial charge in [0.25, 0.3) is 5.91 Å². The first-order valence-corrected chi connectivity index (χ1v) is 13.3. The largest absolute Gasteiger partial charge is 0.503 e. The van der Waals surface area contributed by atoms with Crippen molar-refractivity contribution in [1.29, 1.82) is 0 Å². The number of sulfonamides is 1. The Hall–Kier alpha value is -3.37. The molecule has 0 bridgehead atoms. The Bertz CT molecular complexity index is 1340. The molecule has 0 saturated heterocycles. The van der Waals surface area contributed by atoms with E-state index >= 15 is 0 Å². The van der Waals surface area contributed by atoms with E-state index in [1.807, 2.05) is 31.2 Å². The molecule has 0 saturated carbocycles. The summed E-state index contributed by atoms with van der Waals surface area (Å²) in [4.78, 5) is 12.5. The first-order valence-electron chi connectivity index (χ1n) is 10.7. The van der Waals surface area contributed by atoms with Crippen LogP contribution in [-0.2, 0) is 16.6 Å². The minimum Gasteiger partial charge on any atom is -0.503 e. The Kier molecular flexibility index (Phi) is 8.52. The highest BCUT2D eigenvalue weighted by Crippen LogP contribution is 2.35. The van der Waals surface area contributed by atoms with Crippen molar-refractivity contribution in [1.82, 2.24) is 5.43 Å². The van der Waals surface area contributed by atoms with Crippen LogP contribution in [-0.4, -0.2) is 38.5 Å². The van der Waals surface area contributed by atoms with E-state index in [1.54, 1.807) is 43.3 Å². The van der Waals surface area contributed by atoms with Crippen LogP contribution in [0.1, 0.15) is 34.0 Å². The smallest absolute Gasteiger partial charge is 0.271 e. The van der Waals surface area contributed by atoms with Crippen LogP contribution in [0, 0.1) is 6.92 Å². The van der Waals surface area contributed by atoms with E-state index in [-0.39, 0.29) is 12.3 Å². The first kappa shape index (κ1) is 26.2. The van der Waals surface area contributed by atoms with Gasteiger partial charge in [-0.1, -0.05) is 24.3 Å². The Morgan fingerprint density at radius 1 is 1.17 bits per heavy atom. The number of rotatable bonds is 9. The van der Waals surface area contributed by atoms with Gasteiger partial charge in [0.05, 0.1) is 35.8 Å². The molecule has 0 spiro atoms. The second kappa shape index (κ2) is 11.4. The number of phenolic OH excluding ortho intramolecular Hbond substituents is 1. The second-order valence-corrected chi connectivity index (χ2v) is 10.5. The van der Waals surface area contributed by atoms with Gasteiger partial charge in [0.1, 0.15) is 0 Å². The third-order valence-electron chi connectivity index (χ3n) is 5.12. The number of hydrazone groups is 1. The number of aryl methyl sites for hydroxylation is 1. The van der Waals surface area contributed by atoms with E-state index < -0.39 is 15.9 Å². The normalized spacial score (nSPS) is 11.4. The Morgan fingerprint density at radius 2 is 1.86 bits per heavy atom. The van der Waals surface area contributed by atoms with Crippen molar-refractivity contribution in [2.24, 2.45) is 5.10 Å². The average Bonchev–Trinajstić information content (AvgIpc) is 2.81. The zero-order valence-corrected chi connectivity index (χ0v) is 21.9. The van der Waals surface area contributed by atoms with E-state index in [1.165, 1.54) is 10.5 Å². The van der Waals surface area contributed by atoms with Crippen molar-refractivity contribution >= 4 is 43.8 Å². The maximum absolute atomic E-state index is 12.5. The number of nitrogens with zero attached hydrogens (tertiary/aromatic N) is 2.